The molecule has 1 rings (SSSR count). The van der Waals surface area contributed by atoms with Crippen LogP contribution in [-0.4, -0.2) is 8.32 Å². The van der Waals surface area contributed by atoms with Crippen molar-refractivity contribution >= 4 is 8.32 Å². The summed E-state index contributed by atoms with van der Waals surface area (Å²) in [5.74, 6) is 1.69. The molecule has 2 heteroatoms. The summed E-state index contributed by atoms with van der Waals surface area (Å²) in [4.78, 5) is 0. The van der Waals surface area contributed by atoms with E-state index in [0.29, 0.717) is 5.92 Å². The van der Waals surface area contributed by atoms with E-state index >= 15 is 0 Å². The molecule has 1 unspecified atom stereocenters. The van der Waals surface area contributed by atoms with Gasteiger partial charge >= 0.3 is 0 Å². The Labute approximate surface area is 120 Å². The third-order valence-electron chi connectivity index (χ3n) is 3.34. The molecular weight excluding hydrogens is 248 g/mol. The van der Waals surface area contributed by atoms with Gasteiger partial charge in [-0.25, -0.2) is 0 Å². The second-order valence-electron chi connectivity index (χ2n) is 6.54. The molecule has 0 bridgehead atoms. The Kier molecular flexibility index (Phi) is 6.63. The van der Waals surface area contributed by atoms with Gasteiger partial charge in [-0.2, -0.15) is 0 Å². The van der Waals surface area contributed by atoms with E-state index in [0.717, 1.165) is 5.75 Å². The summed E-state index contributed by atoms with van der Waals surface area (Å²) in [6, 6.07) is 8.70. The minimum Gasteiger partial charge on any atom is -0.544 e. The van der Waals surface area contributed by atoms with Crippen LogP contribution in [0.15, 0.2) is 24.3 Å². The van der Waals surface area contributed by atoms with Crippen LogP contribution in [0.2, 0.25) is 19.6 Å². The molecule has 1 aromatic carbocycles. The normalized spacial score (nSPS) is 13.3. The molecule has 0 amide bonds. The van der Waals surface area contributed by atoms with E-state index in [-0.39, 0.29) is 0 Å². The van der Waals surface area contributed by atoms with Crippen molar-refractivity contribution in [3.63, 3.8) is 0 Å². The van der Waals surface area contributed by atoms with E-state index in [1.807, 2.05) is 0 Å². The van der Waals surface area contributed by atoms with Crippen LogP contribution in [0.25, 0.3) is 0 Å². The molecule has 0 saturated heterocycles. The molecule has 0 N–H and O–H groups in total. The highest BCUT2D eigenvalue weighted by Gasteiger charge is 2.16. The third kappa shape index (κ3) is 6.81. The molecule has 0 aliphatic heterocycles. The van der Waals surface area contributed by atoms with Gasteiger partial charge in [-0.1, -0.05) is 51.7 Å². The van der Waals surface area contributed by atoms with Gasteiger partial charge < -0.3 is 4.43 Å². The Morgan fingerprint density at radius 2 is 1.84 bits per heavy atom. The molecule has 0 spiro atoms. The maximum Gasteiger partial charge on any atom is 0.242 e. The first-order valence-electron chi connectivity index (χ1n) is 7.71. The van der Waals surface area contributed by atoms with Crippen LogP contribution in [0.5, 0.6) is 5.75 Å². The molecule has 0 saturated carbocycles. The van der Waals surface area contributed by atoms with Gasteiger partial charge in [-0.3, -0.25) is 0 Å². The number of unbranched alkanes of at least 4 members (excludes halogenated alkanes) is 3. The topological polar surface area (TPSA) is 9.23 Å². The number of benzene rings is 1. The fourth-order valence-corrected chi connectivity index (χ4v) is 3.12. The van der Waals surface area contributed by atoms with Gasteiger partial charge in [0.2, 0.25) is 8.32 Å². The summed E-state index contributed by atoms with van der Waals surface area (Å²) in [6.07, 6.45) is 6.68. The van der Waals surface area contributed by atoms with Crippen LogP contribution >= 0.6 is 0 Å². The van der Waals surface area contributed by atoms with E-state index in [1.54, 1.807) is 0 Å². The highest BCUT2D eigenvalue weighted by Crippen LogP contribution is 2.26. The second kappa shape index (κ2) is 7.74. The van der Waals surface area contributed by atoms with E-state index in [4.69, 9.17) is 4.43 Å². The van der Waals surface area contributed by atoms with Gasteiger partial charge in [-0.05, 0) is 49.7 Å². The number of rotatable bonds is 8. The number of hydrogen-bond donors (Lipinski definition) is 0. The van der Waals surface area contributed by atoms with Crippen molar-refractivity contribution in [3.05, 3.63) is 29.8 Å². The van der Waals surface area contributed by atoms with Crippen molar-refractivity contribution in [1.29, 1.82) is 0 Å². The quantitative estimate of drug-likeness (QED) is 0.420. The molecule has 19 heavy (non-hydrogen) atoms. The molecule has 0 heterocycles. The predicted molar refractivity (Wildman–Crippen MR) is 87.6 cm³/mol. The minimum absolute atomic E-state index is 0.641. The molecule has 1 nitrogen and oxygen atoms in total. The second-order valence-corrected chi connectivity index (χ2v) is 11.0. The van der Waals surface area contributed by atoms with Crippen LogP contribution < -0.4 is 4.43 Å². The minimum atomic E-state index is -1.49. The van der Waals surface area contributed by atoms with Gasteiger partial charge in [-0.15, -0.1) is 0 Å². The first-order chi connectivity index (χ1) is 8.92. The maximum atomic E-state index is 6.07. The zero-order chi connectivity index (χ0) is 14.3. The van der Waals surface area contributed by atoms with Gasteiger partial charge in [0.25, 0.3) is 0 Å². The fourth-order valence-electron chi connectivity index (χ4n) is 2.28. The highest BCUT2D eigenvalue weighted by atomic mass is 28.4. The fraction of sp³-hybridized carbons (Fsp3) is 0.647. The van der Waals surface area contributed by atoms with Crippen LogP contribution in [-0.2, 0) is 0 Å². The van der Waals surface area contributed by atoms with Crippen LogP contribution in [0, 0.1) is 0 Å². The summed E-state index contributed by atoms with van der Waals surface area (Å²) in [5.41, 5.74) is 1.42. The van der Waals surface area contributed by atoms with E-state index in [2.05, 4.69) is 57.8 Å². The Bertz CT molecular complexity index is 368. The smallest absolute Gasteiger partial charge is 0.242 e. The largest absolute Gasteiger partial charge is 0.544 e. The first kappa shape index (κ1) is 16.3. The zero-order valence-corrected chi connectivity index (χ0v) is 14.3. The molecule has 1 aromatic rings. The van der Waals surface area contributed by atoms with Crippen LogP contribution in [0.1, 0.15) is 57.4 Å². The lowest BCUT2D eigenvalue weighted by atomic mass is 9.95. The molecular formula is C17H30OSi. The van der Waals surface area contributed by atoms with E-state index in [9.17, 15) is 0 Å². The SMILES string of the molecule is CCCCCCC(C)c1cccc(O[Si](C)(C)C)c1. The molecule has 0 aliphatic carbocycles. The summed E-state index contributed by atoms with van der Waals surface area (Å²) in [7, 11) is -1.49. The third-order valence-corrected chi connectivity index (χ3v) is 4.19. The average molecular weight is 279 g/mol. The summed E-state index contributed by atoms with van der Waals surface area (Å²) in [6.45, 7) is 11.3. The Hall–Kier alpha value is -0.763. The summed E-state index contributed by atoms with van der Waals surface area (Å²) >= 11 is 0. The van der Waals surface area contributed by atoms with Crippen molar-refractivity contribution in [2.24, 2.45) is 0 Å². The molecule has 0 radical (unpaired) electrons. The van der Waals surface area contributed by atoms with Crippen molar-refractivity contribution in [2.75, 3.05) is 0 Å². The zero-order valence-electron chi connectivity index (χ0n) is 13.3. The maximum absolute atomic E-state index is 6.07. The van der Waals surface area contributed by atoms with Gasteiger partial charge in [0, 0.05) is 0 Å². The first-order valence-corrected chi connectivity index (χ1v) is 11.1. The van der Waals surface area contributed by atoms with Crippen molar-refractivity contribution in [1.82, 2.24) is 0 Å². The average Bonchev–Trinajstić information content (AvgIpc) is 2.32. The van der Waals surface area contributed by atoms with E-state index < -0.39 is 8.32 Å². The standard InChI is InChI=1S/C17H30OSi/c1-6-7-8-9-11-15(2)16-12-10-13-17(14-16)18-19(3,4)5/h10,12-15H,6-9,11H2,1-5H3. The molecule has 1 atom stereocenters. The van der Waals surface area contributed by atoms with Gasteiger partial charge in [0.1, 0.15) is 5.75 Å². The lowest BCUT2D eigenvalue weighted by Gasteiger charge is -2.20. The lowest BCUT2D eigenvalue weighted by Crippen LogP contribution is -2.29. The van der Waals surface area contributed by atoms with Gasteiger partial charge in [0.05, 0.1) is 0 Å². The molecule has 0 aromatic heterocycles. The summed E-state index contributed by atoms with van der Waals surface area (Å²) in [5, 5.41) is 0. The number of hydrogen-bond acceptors (Lipinski definition) is 1. The molecule has 108 valence electrons. The van der Waals surface area contributed by atoms with Crippen LogP contribution in [0.4, 0.5) is 0 Å². The van der Waals surface area contributed by atoms with Crippen molar-refractivity contribution in [2.45, 2.75) is 71.5 Å². The summed E-state index contributed by atoms with van der Waals surface area (Å²) < 4.78 is 6.07. The Morgan fingerprint density at radius 1 is 1.11 bits per heavy atom. The van der Waals surface area contributed by atoms with Gasteiger partial charge in [0.15, 0.2) is 0 Å². The van der Waals surface area contributed by atoms with Crippen molar-refractivity contribution in [3.8, 4) is 5.75 Å². The Balaban J connectivity index is 2.55. The monoisotopic (exact) mass is 278 g/mol. The van der Waals surface area contributed by atoms with Crippen molar-refractivity contribution < 1.29 is 4.43 Å². The van der Waals surface area contributed by atoms with Crippen LogP contribution in [0.3, 0.4) is 0 Å². The predicted octanol–water partition coefficient (Wildman–Crippen LogP) is 5.97. The highest BCUT2D eigenvalue weighted by molar-refractivity contribution is 6.70. The lowest BCUT2D eigenvalue weighted by molar-refractivity contribution is 0.550. The molecule has 0 fully saturated rings. The van der Waals surface area contributed by atoms with E-state index in [1.165, 1.54) is 37.7 Å². The Morgan fingerprint density at radius 3 is 2.47 bits per heavy atom. The molecule has 0 aliphatic rings.